The van der Waals surface area contributed by atoms with Crippen molar-refractivity contribution in [1.82, 2.24) is 5.32 Å². The lowest BCUT2D eigenvalue weighted by atomic mass is 10.0. The van der Waals surface area contributed by atoms with E-state index in [4.69, 9.17) is 0 Å². The fraction of sp³-hybridized carbons (Fsp3) is 0.571. The molecule has 1 rings (SSSR count). The van der Waals surface area contributed by atoms with E-state index in [2.05, 4.69) is 50.5 Å². The first kappa shape index (κ1) is 13.6. The van der Waals surface area contributed by atoms with Crippen LogP contribution in [-0.2, 0) is 0 Å². The van der Waals surface area contributed by atoms with Gasteiger partial charge < -0.3 is 5.32 Å². The molecule has 0 amide bonds. The fourth-order valence-corrected chi connectivity index (χ4v) is 2.61. The quantitative estimate of drug-likeness (QED) is 0.809. The lowest BCUT2D eigenvalue weighted by Crippen LogP contribution is -2.24. The fourth-order valence-electron chi connectivity index (χ4n) is 1.97. The van der Waals surface area contributed by atoms with Crippen molar-refractivity contribution in [2.24, 2.45) is 0 Å². The summed E-state index contributed by atoms with van der Waals surface area (Å²) in [6.07, 6.45) is 3.36. The zero-order valence-electron chi connectivity index (χ0n) is 10.8. The number of hydrogen-bond acceptors (Lipinski definition) is 2. The average molecular weight is 237 g/mol. The predicted octanol–water partition coefficient (Wildman–Crippen LogP) is 3.71. The monoisotopic (exact) mass is 237 g/mol. The number of benzene rings is 1. The minimum Gasteiger partial charge on any atom is -0.309 e. The van der Waals surface area contributed by atoms with Gasteiger partial charge in [-0.3, -0.25) is 0 Å². The van der Waals surface area contributed by atoms with Gasteiger partial charge in [0.15, 0.2) is 0 Å². The predicted molar refractivity (Wildman–Crippen MR) is 75.3 cm³/mol. The molecule has 1 N–H and O–H groups in total. The molecule has 0 bridgehead atoms. The van der Waals surface area contributed by atoms with Crippen LogP contribution in [-0.4, -0.2) is 18.6 Å². The topological polar surface area (TPSA) is 12.0 Å². The van der Waals surface area contributed by atoms with Gasteiger partial charge in [0.2, 0.25) is 0 Å². The highest BCUT2D eigenvalue weighted by Gasteiger charge is 2.10. The van der Waals surface area contributed by atoms with Gasteiger partial charge in [0.25, 0.3) is 0 Å². The van der Waals surface area contributed by atoms with E-state index in [1.807, 2.05) is 11.8 Å². The maximum absolute atomic E-state index is 3.62. The van der Waals surface area contributed by atoms with Crippen molar-refractivity contribution in [3.8, 4) is 0 Å². The second kappa shape index (κ2) is 6.97. The van der Waals surface area contributed by atoms with Gasteiger partial charge in [-0.05, 0) is 38.6 Å². The summed E-state index contributed by atoms with van der Waals surface area (Å²) in [5.41, 5.74) is 4.15. The first-order chi connectivity index (χ1) is 7.67. The van der Waals surface area contributed by atoms with Crippen LogP contribution in [0.1, 0.15) is 36.1 Å². The van der Waals surface area contributed by atoms with Gasteiger partial charge in [-0.1, -0.05) is 36.2 Å². The molecule has 0 spiro atoms. The minimum absolute atomic E-state index is 0.494. The third kappa shape index (κ3) is 4.18. The number of hydrogen-bond donors (Lipinski definition) is 1. The number of rotatable bonds is 6. The molecule has 1 aromatic carbocycles. The molecule has 1 aromatic rings. The molecule has 0 aliphatic heterocycles. The van der Waals surface area contributed by atoms with Crippen LogP contribution in [0.5, 0.6) is 0 Å². The van der Waals surface area contributed by atoms with Crippen molar-refractivity contribution in [3.05, 3.63) is 34.9 Å². The van der Waals surface area contributed by atoms with Gasteiger partial charge >= 0.3 is 0 Å². The summed E-state index contributed by atoms with van der Waals surface area (Å²) < 4.78 is 0. The molecule has 0 saturated heterocycles. The second-order valence-electron chi connectivity index (χ2n) is 4.38. The van der Waals surface area contributed by atoms with Gasteiger partial charge in [0.05, 0.1) is 0 Å². The van der Waals surface area contributed by atoms with E-state index >= 15 is 0 Å². The third-order valence-electron chi connectivity index (χ3n) is 2.62. The Balaban J connectivity index is 2.82. The van der Waals surface area contributed by atoms with Crippen molar-refractivity contribution in [2.45, 2.75) is 33.2 Å². The van der Waals surface area contributed by atoms with Crippen LogP contribution < -0.4 is 5.32 Å². The molecule has 0 fully saturated rings. The van der Waals surface area contributed by atoms with Crippen LogP contribution in [0.15, 0.2) is 18.2 Å². The maximum atomic E-state index is 3.62. The molecule has 1 unspecified atom stereocenters. The summed E-state index contributed by atoms with van der Waals surface area (Å²) >= 11 is 1.90. The Morgan fingerprint density at radius 2 is 1.81 bits per heavy atom. The van der Waals surface area contributed by atoms with Crippen molar-refractivity contribution in [1.29, 1.82) is 0 Å². The summed E-state index contributed by atoms with van der Waals surface area (Å²) in [5, 5.41) is 3.62. The largest absolute Gasteiger partial charge is 0.309 e. The highest BCUT2D eigenvalue weighted by molar-refractivity contribution is 7.98. The summed E-state index contributed by atoms with van der Waals surface area (Å²) in [6.45, 7) is 7.65. The minimum atomic E-state index is 0.494. The smallest absolute Gasteiger partial charge is 0.0411 e. The molecule has 16 heavy (non-hydrogen) atoms. The Labute approximate surface area is 104 Å². The molecular formula is C14H23NS. The molecule has 1 nitrogen and oxygen atoms in total. The summed E-state index contributed by atoms with van der Waals surface area (Å²) in [4.78, 5) is 0. The zero-order valence-corrected chi connectivity index (χ0v) is 11.7. The Kier molecular flexibility index (Phi) is 5.93. The van der Waals surface area contributed by atoms with E-state index in [1.165, 1.54) is 23.1 Å². The van der Waals surface area contributed by atoms with Crippen LogP contribution >= 0.6 is 11.8 Å². The van der Waals surface area contributed by atoms with Gasteiger partial charge in [-0.25, -0.2) is 0 Å². The standard InChI is InChI=1S/C14H23NS/c1-5-6-15-14(10-16-4)13-8-11(2)7-12(3)9-13/h7-9,14-15H,5-6,10H2,1-4H3. The Morgan fingerprint density at radius 3 is 2.31 bits per heavy atom. The molecule has 0 aliphatic carbocycles. The van der Waals surface area contributed by atoms with Crippen molar-refractivity contribution >= 4 is 11.8 Å². The van der Waals surface area contributed by atoms with E-state index in [9.17, 15) is 0 Å². The third-order valence-corrected chi connectivity index (χ3v) is 3.29. The Hall–Kier alpha value is -0.470. The molecular weight excluding hydrogens is 214 g/mol. The summed E-state index contributed by atoms with van der Waals surface area (Å²) in [6, 6.07) is 7.33. The number of thioether (sulfide) groups is 1. The molecule has 0 radical (unpaired) electrons. The maximum Gasteiger partial charge on any atom is 0.0411 e. The first-order valence-corrected chi connectivity index (χ1v) is 7.37. The van der Waals surface area contributed by atoms with E-state index in [-0.39, 0.29) is 0 Å². The van der Waals surface area contributed by atoms with Gasteiger partial charge in [0, 0.05) is 11.8 Å². The van der Waals surface area contributed by atoms with Crippen molar-refractivity contribution in [3.63, 3.8) is 0 Å². The van der Waals surface area contributed by atoms with Crippen LogP contribution in [0.2, 0.25) is 0 Å². The van der Waals surface area contributed by atoms with Gasteiger partial charge in [0.1, 0.15) is 0 Å². The van der Waals surface area contributed by atoms with E-state index < -0.39 is 0 Å². The highest BCUT2D eigenvalue weighted by atomic mass is 32.2. The van der Waals surface area contributed by atoms with Crippen LogP contribution in [0.3, 0.4) is 0 Å². The van der Waals surface area contributed by atoms with Crippen molar-refractivity contribution in [2.75, 3.05) is 18.6 Å². The molecule has 0 aromatic heterocycles. The molecule has 0 heterocycles. The molecule has 0 aliphatic rings. The zero-order chi connectivity index (χ0) is 12.0. The first-order valence-electron chi connectivity index (χ1n) is 5.98. The molecule has 2 heteroatoms. The average Bonchev–Trinajstić information content (AvgIpc) is 2.22. The Bertz CT molecular complexity index is 302. The Morgan fingerprint density at radius 1 is 1.19 bits per heavy atom. The van der Waals surface area contributed by atoms with E-state index in [0.29, 0.717) is 6.04 Å². The number of aryl methyl sites for hydroxylation is 2. The molecule has 0 saturated carbocycles. The lowest BCUT2D eigenvalue weighted by Gasteiger charge is -2.19. The molecule has 90 valence electrons. The van der Waals surface area contributed by atoms with E-state index in [1.54, 1.807) is 0 Å². The van der Waals surface area contributed by atoms with Gasteiger partial charge in [-0.2, -0.15) is 11.8 Å². The normalized spacial score (nSPS) is 12.8. The highest BCUT2D eigenvalue weighted by Crippen LogP contribution is 2.20. The second-order valence-corrected chi connectivity index (χ2v) is 5.29. The molecule has 1 atom stereocenters. The lowest BCUT2D eigenvalue weighted by molar-refractivity contribution is 0.577. The van der Waals surface area contributed by atoms with Crippen molar-refractivity contribution < 1.29 is 0 Å². The van der Waals surface area contributed by atoms with Crippen LogP contribution in [0.25, 0.3) is 0 Å². The SMILES string of the molecule is CCCNC(CSC)c1cc(C)cc(C)c1. The summed E-state index contributed by atoms with van der Waals surface area (Å²) in [7, 11) is 0. The van der Waals surface area contributed by atoms with Gasteiger partial charge in [-0.15, -0.1) is 0 Å². The van der Waals surface area contributed by atoms with Crippen LogP contribution in [0, 0.1) is 13.8 Å². The summed E-state index contributed by atoms with van der Waals surface area (Å²) in [5.74, 6) is 1.14. The van der Waals surface area contributed by atoms with E-state index in [0.717, 1.165) is 12.3 Å². The van der Waals surface area contributed by atoms with Crippen LogP contribution in [0.4, 0.5) is 0 Å². The number of nitrogens with one attached hydrogen (secondary N) is 1.